The van der Waals surface area contributed by atoms with Gasteiger partial charge < -0.3 is 0 Å². The number of nitrogens with zero attached hydrogens (tertiary/aromatic N) is 1. The molecule has 0 aromatic carbocycles. The molecule has 0 saturated heterocycles. The zero-order chi connectivity index (χ0) is 10.9. The van der Waals surface area contributed by atoms with Crippen molar-refractivity contribution in [3.05, 3.63) is 47.4 Å². The van der Waals surface area contributed by atoms with Crippen LogP contribution in [0.15, 0.2) is 41.7 Å². The average Bonchev–Trinajstić information content (AvgIpc) is 2.67. The molecule has 1 aliphatic carbocycles. The highest BCUT2D eigenvalue weighted by atomic mass is 28.3. The van der Waals surface area contributed by atoms with Crippen LogP contribution in [-0.2, 0) is 0 Å². The van der Waals surface area contributed by atoms with Gasteiger partial charge in [-0.1, -0.05) is 43.1 Å². The number of hydrogen-bond acceptors (Lipinski definition) is 1. The van der Waals surface area contributed by atoms with Gasteiger partial charge in [0.05, 0.1) is 13.8 Å². The highest BCUT2D eigenvalue weighted by molar-refractivity contribution is 6.83. The van der Waals surface area contributed by atoms with Gasteiger partial charge >= 0.3 is 0 Å². The number of allylic oxidation sites excluding steroid dienone is 4. The maximum Gasteiger partial charge on any atom is 0.0728 e. The number of rotatable bonds is 2. The molecule has 0 N–H and O–H groups in total. The zero-order valence-electron chi connectivity index (χ0n) is 9.62. The molecule has 1 nitrogen and oxygen atoms in total. The molecule has 2 heteroatoms. The second kappa shape index (κ2) is 3.78. The fourth-order valence-corrected chi connectivity index (χ4v) is 3.07. The predicted molar refractivity (Wildman–Crippen MR) is 68.3 cm³/mol. The Morgan fingerprint density at radius 1 is 1.13 bits per heavy atom. The fraction of sp³-hybridized carbons (Fsp3) is 0.308. The molecule has 1 aromatic rings. The standard InChI is InChI=1S/C13H17NSi/c1-15(2,3)12-8-7-11(10-12)13-6-4-5-9-14-13/h4-9H,10H2,1-3H3. The summed E-state index contributed by atoms with van der Waals surface area (Å²) in [5.41, 5.74) is 2.50. The molecule has 0 atom stereocenters. The SMILES string of the molecule is C[Si](C)(C)C1=CC=C(c2ccccn2)C1. The smallest absolute Gasteiger partial charge is 0.0728 e. The summed E-state index contributed by atoms with van der Waals surface area (Å²) in [5, 5.41) is 1.63. The Labute approximate surface area is 92.6 Å². The fourth-order valence-electron chi connectivity index (χ4n) is 1.77. The summed E-state index contributed by atoms with van der Waals surface area (Å²) in [7, 11) is -1.12. The predicted octanol–water partition coefficient (Wildman–Crippen LogP) is 3.67. The lowest BCUT2D eigenvalue weighted by molar-refractivity contribution is 1.23. The van der Waals surface area contributed by atoms with Gasteiger partial charge in [0, 0.05) is 6.20 Å². The molecule has 0 aliphatic heterocycles. The summed E-state index contributed by atoms with van der Waals surface area (Å²) in [6.07, 6.45) is 7.50. The Bertz CT molecular complexity index is 410. The van der Waals surface area contributed by atoms with E-state index in [4.69, 9.17) is 0 Å². The van der Waals surface area contributed by atoms with Crippen LogP contribution in [0.4, 0.5) is 0 Å². The van der Waals surface area contributed by atoms with Crippen LogP contribution in [-0.4, -0.2) is 13.1 Å². The summed E-state index contributed by atoms with van der Waals surface area (Å²) in [6.45, 7) is 7.19. The molecule has 0 spiro atoms. The monoisotopic (exact) mass is 215 g/mol. The van der Waals surface area contributed by atoms with Crippen LogP contribution in [0, 0.1) is 0 Å². The van der Waals surface area contributed by atoms with Crippen LogP contribution in [0.25, 0.3) is 5.57 Å². The molecule has 0 saturated carbocycles. The van der Waals surface area contributed by atoms with Crippen LogP contribution in [0.3, 0.4) is 0 Å². The van der Waals surface area contributed by atoms with Gasteiger partial charge in [-0.3, -0.25) is 4.98 Å². The van der Waals surface area contributed by atoms with Gasteiger partial charge in [-0.15, -0.1) is 0 Å². The van der Waals surface area contributed by atoms with Gasteiger partial charge in [0.15, 0.2) is 0 Å². The molecule has 15 heavy (non-hydrogen) atoms. The first kappa shape index (κ1) is 10.4. The van der Waals surface area contributed by atoms with E-state index in [1.807, 2.05) is 12.3 Å². The van der Waals surface area contributed by atoms with Crippen molar-refractivity contribution < 1.29 is 0 Å². The second-order valence-corrected chi connectivity index (χ2v) is 10.2. The Morgan fingerprint density at radius 2 is 1.93 bits per heavy atom. The number of pyridine rings is 1. The van der Waals surface area contributed by atoms with Crippen LogP contribution in [0.5, 0.6) is 0 Å². The highest BCUT2D eigenvalue weighted by Crippen LogP contribution is 2.31. The summed E-state index contributed by atoms with van der Waals surface area (Å²) in [6, 6.07) is 6.11. The quantitative estimate of drug-likeness (QED) is 0.686. The minimum Gasteiger partial charge on any atom is -0.257 e. The summed E-state index contributed by atoms with van der Waals surface area (Å²) in [4.78, 5) is 4.39. The van der Waals surface area contributed by atoms with E-state index in [-0.39, 0.29) is 0 Å². The molecule has 0 amide bonds. The molecule has 0 unspecified atom stereocenters. The van der Waals surface area contributed by atoms with Crippen molar-refractivity contribution in [2.24, 2.45) is 0 Å². The first-order valence-electron chi connectivity index (χ1n) is 5.39. The van der Waals surface area contributed by atoms with E-state index in [1.54, 1.807) is 5.20 Å². The van der Waals surface area contributed by atoms with Crippen molar-refractivity contribution in [1.82, 2.24) is 4.98 Å². The Kier molecular flexibility index (Phi) is 2.61. The summed E-state index contributed by atoms with van der Waals surface area (Å²) < 4.78 is 0. The van der Waals surface area contributed by atoms with E-state index < -0.39 is 8.07 Å². The molecule has 0 bridgehead atoms. The molecular formula is C13H17NSi. The van der Waals surface area contributed by atoms with Crippen molar-refractivity contribution in [3.8, 4) is 0 Å². The molecule has 1 aromatic heterocycles. The van der Waals surface area contributed by atoms with E-state index in [0.29, 0.717) is 0 Å². The lowest BCUT2D eigenvalue weighted by atomic mass is 10.1. The molecule has 78 valence electrons. The largest absolute Gasteiger partial charge is 0.257 e. The lowest BCUT2D eigenvalue weighted by Crippen LogP contribution is -2.23. The van der Waals surface area contributed by atoms with Crippen molar-refractivity contribution in [2.45, 2.75) is 26.1 Å². The third-order valence-electron chi connectivity index (χ3n) is 2.82. The molecule has 1 heterocycles. The maximum absolute atomic E-state index is 4.39. The van der Waals surface area contributed by atoms with Crippen molar-refractivity contribution in [1.29, 1.82) is 0 Å². The maximum atomic E-state index is 4.39. The summed E-state index contributed by atoms with van der Waals surface area (Å²) in [5.74, 6) is 0. The third kappa shape index (κ3) is 2.26. The van der Waals surface area contributed by atoms with Crippen molar-refractivity contribution in [2.75, 3.05) is 0 Å². The average molecular weight is 215 g/mol. The van der Waals surface area contributed by atoms with E-state index in [1.165, 1.54) is 5.57 Å². The molecule has 0 radical (unpaired) electrons. The highest BCUT2D eigenvalue weighted by Gasteiger charge is 2.23. The van der Waals surface area contributed by atoms with E-state index in [9.17, 15) is 0 Å². The zero-order valence-corrected chi connectivity index (χ0v) is 10.6. The Balaban J connectivity index is 2.15. The number of aromatic nitrogens is 1. The molecule has 1 aliphatic rings. The van der Waals surface area contributed by atoms with Crippen LogP contribution >= 0.6 is 0 Å². The Morgan fingerprint density at radius 3 is 2.47 bits per heavy atom. The van der Waals surface area contributed by atoms with Crippen molar-refractivity contribution >= 4 is 13.6 Å². The van der Waals surface area contributed by atoms with E-state index in [2.05, 4.69) is 48.9 Å². The third-order valence-corrected chi connectivity index (χ3v) is 5.09. The van der Waals surface area contributed by atoms with Gasteiger partial charge in [-0.05, 0) is 24.1 Å². The molecule has 2 rings (SSSR count). The second-order valence-electron chi connectivity index (χ2n) is 5.03. The van der Waals surface area contributed by atoms with Crippen molar-refractivity contribution in [3.63, 3.8) is 0 Å². The van der Waals surface area contributed by atoms with Gasteiger partial charge in [0.25, 0.3) is 0 Å². The topological polar surface area (TPSA) is 12.9 Å². The summed E-state index contributed by atoms with van der Waals surface area (Å²) >= 11 is 0. The van der Waals surface area contributed by atoms with Gasteiger partial charge in [0.2, 0.25) is 0 Å². The number of hydrogen-bond donors (Lipinski definition) is 0. The van der Waals surface area contributed by atoms with Crippen LogP contribution in [0.1, 0.15) is 12.1 Å². The first-order valence-corrected chi connectivity index (χ1v) is 8.89. The van der Waals surface area contributed by atoms with Gasteiger partial charge in [-0.2, -0.15) is 0 Å². The van der Waals surface area contributed by atoms with Gasteiger partial charge in [-0.25, -0.2) is 0 Å². The van der Waals surface area contributed by atoms with E-state index >= 15 is 0 Å². The Hall–Kier alpha value is -1.15. The van der Waals surface area contributed by atoms with Gasteiger partial charge in [0.1, 0.15) is 0 Å². The van der Waals surface area contributed by atoms with Crippen LogP contribution < -0.4 is 0 Å². The normalized spacial score (nSPS) is 16.2. The van der Waals surface area contributed by atoms with Crippen LogP contribution in [0.2, 0.25) is 19.6 Å². The molecular weight excluding hydrogens is 198 g/mol. The first-order chi connectivity index (χ1) is 7.07. The minimum absolute atomic E-state index is 1.10. The lowest BCUT2D eigenvalue weighted by Gasteiger charge is -2.18. The van der Waals surface area contributed by atoms with E-state index in [0.717, 1.165) is 12.1 Å². The minimum atomic E-state index is -1.12. The molecule has 0 fully saturated rings.